The van der Waals surface area contributed by atoms with Crippen LogP contribution in [-0.4, -0.2) is 22.6 Å². The van der Waals surface area contributed by atoms with E-state index in [1.807, 2.05) is 6.07 Å². The minimum Gasteiger partial charge on any atom is -0.481 e. The second-order valence-corrected chi connectivity index (χ2v) is 8.14. The lowest BCUT2D eigenvalue weighted by Crippen LogP contribution is -2.00. The summed E-state index contributed by atoms with van der Waals surface area (Å²) in [5.41, 5.74) is 3.16. The number of rotatable bonds is 6. The van der Waals surface area contributed by atoms with Gasteiger partial charge in [0.15, 0.2) is 28.8 Å². The summed E-state index contributed by atoms with van der Waals surface area (Å²) in [6, 6.07) is 15.5. The molecule has 6 nitrogen and oxygen atoms in total. The summed E-state index contributed by atoms with van der Waals surface area (Å²) in [6.45, 7) is 0.341. The summed E-state index contributed by atoms with van der Waals surface area (Å²) in [5.74, 6) is -0.533. The molecule has 9 heteroatoms. The number of carbonyl (C=O) groups is 1. The van der Waals surface area contributed by atoms with Crippen molar-refractivity contribution in [1.29, 1.82) is 5.26 Å². The number of aromatic nitrogens is 2. The molecule has 0 atom stereocenters. The number of hydrogen-bond donors (Lipinski definition) is 0. The molecule has 0 N–H and O–H groups in total. The smallest absolute Gasteiger partial charge is 0.347 e. The second-order valence-electron chi connectivity index (χ2n) is 7.29. The lowest BCUT2D eigenvalue weighted by molar-refractivity contribution is 0.0800. The van der Waals surface area contributed by atoms with Crippen LogP contribution in [0, 0.1) is 17.1 Å². The Hall–Kier alpha value is -3.42. The molecule has 0 spiro atoms. The van der Waals surface area contributed by atoms with Crippen molar-refractivity contribution in [2.75, 3.05) is 7.11 Å². The molecule has 170 valence electrons. The van der Waals surface area contributed by atoms with Crippen molar-refractivity contribution in [3.8, 4) is 11.9 Å². The van der Waals surface area contributed by atoms with Crippen LogP contribution in [0.1, 0.15) is 27.0 Å². The Kier molecular flexibility index (Phi) is 7.14. The molecule has 0 saturated carbocycles. The molecular formula is C25H16ClFIN3O3. The fraction of sp³-hybridized carbons (Fsp3) is 0.0800. The van der Waals surface area contributed by atoms with E-state index in [-0.39, 0.29) is 5.02 Å². The van der Waals surface area contributed by atoms with Crippen LogP contribution < -0.4 is 4.74 Å². The molecule has 4 rings (SSSR count). The number of carbonyl (C=O) groups excluding carboxylic acids is 1. The van der Waals surface area contributed by atoms with E-state index in [0.717, 1.165) is 5.56 Å². The molecule has 0 radical (unpaired) electrons. The van der Waals surface area contributed by atoms with E-state index in [1.165, 1.54) is 36.2 Å². The van der Waals surface area contributed by atoms with Crippen molar-refractivity contribution in [3.63, 3.8) is 0 Å². The number of hydrogen-bond acceptors (Lipinski definition) is 5. The quantitative estimate of drug-likeness (QED) is 0.191. The van der Waals surface area contributed by atoms with Gasteiger partial charge < -0.3 is 12.4 Å². The maximum atomic E-state index is 15.1. The van der Waals surface area contributed by atoms with E-state index in [2.05, 4.69) is 14.1 Å². The zero-order valence-corrected chi connectivity index (χ0v) is 20.7. The van der Waals surface area contributed by atoms with Crippen molar-refractivity contribution in [3.05, 3.63) is 94.0 Å². The number of ether oxygens (including phenoxy) is 1. The van der Waals surface area contributed by atoms with Crippen molar-refractivity contribution in [2.45, 2.75) is 6.54 Å². The predicted molar refractivity (Wildman–Crippen MR) is 136 cm³/mol. The van der Waals surface area contributed by atoms with Gasteiger partial charge in [-0.25, -0.2) is 14.2 Å². The van der Waals surface area contributed by atoms with Crippen molar-refractivity contribution in [1.82, 2.24) is 9.55 Å². The average molecular weight is 588 g/mol. The standard InChI is InChI=1S/C25H16ClFIN3O3/c1-33-22-9-2-15(12-30-22)13-31-14-19(20-7-8-21(26)23(27)24(20)31)10-18(11-29)16-3-5-17(6-4-16)25(32)34-28/h2-10,12,14H,13H2,1H3/b18-10+. The maximum absolute atomic E-state index is 15.1. The minimum atomic E-state index is -0.541. The Balaban J connectivity index is 1.78. The van der Waals surface area contributed by atoms with Gasteiger partial charge in [0.1, 0.15) is 0 Å². The molecule has 0 aliphatic carbocycles. The largest absolute Gasteiger partial charge is 0.481 e. The van der Waals surface area contributed by atoms with Gasteiger partial charge in [0.2, 0.25) is 5.88 Å². The van der Waals surface area contributed by atoms with Gasteiger partial charge in [0.05, 0.1) is 34.9 Å². The van der Waals surface area contributed by atoms with Gasteiger partial charge in [-0.15, -0.1) is 0 Å². The van der Waals surface area contributed by atoms with Crippen LogP contribution in [-0.2, 0) is 9.61 Å². The molecule has 0 aliphatic rings. The van der Waals surface area contributed by atoms with Gasteiger partial charge in [-0.2, -0.15) is 5.26 Å². The number of nitrogens with zero attached hydrogens (tertiary/aromatic N) is 3. The molecule has 2 heterocycles. The Labute approximate surface area is 213 Å². The highest BCUT2D eigenvalue weighted by Crippen LogP contribution is 2.32. The molecule has 2 aromatic carbocycles. The highest BCUT2D eigenvalue weighted by molar-refractivity contribution is 14.1. The first-order valence-electron chi connectivity index (χ1n) is 9.96. The summed E-state index contributed by atoms with van der Waals surface area (Å²) in [6.07, 6.45) is 5.11. The summed E-state index contributed by atoms with van der Waals surface area (Å²) >= 11 is 7.59. The third-order valence-corrected chi connectivity index (χ3v) is 5.94. The van der Waals surface area contributed by atoms with Crippen molar-refractivity contribution in [2.24, 2.45) is 0 Å². The molecule has 0 aliphatic heterocycles. The van der Waals surface area contributed by atoms with Gasteiger partial charge in [0.25, 0.3) is 0 Å². The highest BCUT2D eigenvalue weighted by atomic mass is 127. The number of benzene rings is 2. The van der Waals surface area contributed by atoms with Gasteiger partial charge >= 0.3 is 5.97 Å². The highest BCUT2D eigenvalue weighted by Gasteiger charge is 2.16. The van der Waals surface area contributed by atoms with Crippen LogP contribution >= 0.6 is 34.6 Å². The van der Waals surface area contributed by atoms with Crippen LogP contribution in [0.4, 0.5) is 4.39 Å². The van der Waals surface area contributed by atoms with Crippen LogP contribution in [0.3, 0.4) is 0 Å². The van der Waals surface area contributed by atoms with Crippen LogP contribution in [0.5, 0.6) is 5.88 Å². The summed E-state index contributed by atoms with van der Waals surface area (Å²) < 4.78 is 26.6. The molecule has 0 fully saturated rings. The lowest BCUT2D eigenvalue weighted by atomic mass is 10.0. The fourth-order valence-electron chi connectivity index (χ4n) is 3.58. The van der Waals surface area contributed by atoms with E-state index in [1.54, 1.807) is 59.4 Å². The Bertz CT molecular complexity index is 1440. The van der Waals surface area contributed by atoms with E-state index in [4.69, 9.17) is 16.3 Å². The number of methoxy groups -OCH3 is 1. The van der Waals surface area contributed by atoms with Crippen LogP contribution in [0.25, 0.3) is 22.6 Å². The van der Waals surface area contributed by atoms with Gasteiger partial charge in [0, 0.05) is 36.0 Å². The molecule has 4 aromatic rings. The molecule has 0 amide bonds. The molecule has 0 bridgehead atoms. The monoisotopic (exact) mass is 587 g/mol. The molecular weight excluding hydrogens is 572 g/mol. The third kappa shape index (κ3) is 4.76. The number of nitriles is 1. The number of pyridine rings is 1. The molecule has 0 saturated heterocycles. The average Bonchev–Trinajstić information content (AvgIpc) is 3.22. The summed E-state index contributed by atoms with van der Waals surface area (Å²) in [7, 11) is 1.53. The molecule has 0 unspecified atom stereocenters. The van der Waals surface area contributed by atoms with Gasteiger partial charge in [-0.3, -0.25) is 0 Å². The molecule has 2 aromatic heterocycles. The second kappa shape index (κ2) is 10.2. The zero-order valence-electron chi connectivity index (χ0n) is 17.8. The number of fused-ring (bicyclic) bond motifs is 1. The lowest BCUT2D eigenvalue weighted by Gasteiger charge is -2.07. The minimum absolute atomic E-state index is 0.00785. The number of halogens is 3. The first-order valence-corrected chi connectivity index (χ1v) is 11.2. The Morgan fingerprint density at radius 3 is 2.56 bits per heavy atom. The Morgan fingerprint density at radius 2 is 1.94 bits per heavy atom. The van der Waals surface area contributed by atoms with E-state index in [9.17, 15) is 10.1 Å². The fourth-order valence-corrected chi connectivity index (χ4v) is 3.99. The van der Waals surface area contributed by atoms with E-state index in [0.29, 0.717) is 45.6 Å². The summed E-state index contributed by atoms with van der Waals surface area (Å²) in [4.78, 5) is 15.9. The van der Waals surface area contributed by atoms with Gasteiger partial charge in [-0.1, -0.05) is 35.9 Å². The van der Waals surface area contributed by atoms with Crippen LogP contribution in [0.2, 0.25) is 5.02 Å². The number of allylic oxidation sites excluding steroid dienone is 1. The van der Waals surface area contributed by atoms with Crippen LogP contribution in [0.15, 0.2) is 60.9 Å². The first-order chi connectivity index (χ1) is 16.4. The maximum Gasteiger partial charge on any atom is 0.347 e. The molecule has 34 heavy (non-hydrogen) atoms. The predicted octanol–water partition coefficient (Wildman–Crippen LogP) is 6.46. The van der Waals surface area contributed by atoms with E-state index >= 15 is 4.39 Å². The zero-order chi connectivity index (χ0) is 24.2. The first kappa shape index (κ1) is 23.7. The normalized spacial score (nSPS) is 11.3. The van der Waals surface area contributed by atoms with Crippen molar-refractivity contribution >= 4 is 63.1 Å². The Morgan fingerprint density at radius 1 is 1.21 bits per heavy atom. The van der Waals surface area contributed by atoms with Crippen molar-refractivity contribution < 1.29 is 17.0 Å². The van der Waals surface area contributed by atoms with Gasteiger partial charge in [-0.05, 0) is 35.4 Å². The third-order valence-electron chi connectivity index (χ3n) is 5.24. The topological polar surface area (TPSA) is 77.1 Å². The SMILES string of the molecule is COc1ccc(Cn2cc(/C=C(\C#N)c3ccc(C(=O)OI)cc3)c3ccc(Cl)c(F)c32)cn1. The summed E-state index contributed by atoms with van der Waals surface area (Å²) in [5, 5.41) is 10.4. The van der Waals surface area contributed by atoms with E-state index < -0.39 is 11.8 Å².